The molecular weight excluding hydrogens is 299 g/mol. The second kappa shape index (κ2) is 9.35. The highest BCUT2D eigenvalue weighted by atomic mass is 19.1. The number of carbonyl (C=O) groups excluding carboxylic acids is 1. The van der Waals surface area contributed by atoms with E-state index in [0.717, 1.165) is 12.8 Å². The molecule has 0 aliphatic heterocycles. The van der Waals surface area contributed by atoms with Crippen molar-refractivity contribution in [1.29, 1.82) is 0 Å². The number of hydrogen-bond acceptors (Lipinski definition) is 3. The SMILES string of the molecule is CCC(CC)C(O)CNC(=O)NC(C)c1ccc(OC)c(F)c1. The third-order valence-electron chi connectivity index (χ3n) is 4.09. The van der Waals surface area contributed by atoms with Crippen molar-refractivity contribution >= 4 is 6.03 Å². The van der Waals surface area contributed by atoms with E-state index >= 15 is 0 Å². The van der Waals surface area contributed by atoms with Crippen molar-refractivity contribution in [2.24, 2.45) is 5.92 Å². The van der Waals surface area contributed by atoms with Gasteiger partial charge in [0.25, 0.3) is 0 Å². The number of carbonyl (C=O) groups is 1. The number of amides is 2. The van der Waals surface area contributed by atoms with Crippen LogP contribution >= 0.6 is 0 Å². The predicted molar refractivity (Wildman–Crippen MR) is 88.0 cm³/mol. The number of ether oxygens (including phenoxy) is 1. The zero-order chi connectivity index (χ0) is 17.4. The van der Waals surface area contributed by atoms with E-state index in [4.69, 9.17) is 4.74 Å². The number of hydrogen-bond donors (Lipinski definition) is 3. The summed E-state index contributed by atoms with van der Waals surface area (Å²) in [6.45, 7) is 5.98. The monoisotopic (exact) mass is 326 g/mol. The van der Waals surface area contributed by atoms with Gasteiger partial charge in [-0.25, -0.2) is 9.18 Å². The number of rotatable bonds is 8. The Bertz CT molecular complexity index is 507. The largest absolute Gasteiger partial charge is 0.494 e. The first-order valence-corrected chi connectivity index (χ1v) is 7.98. The molecule has 3 N–H and O–H groups in total. The van der Waals surface area contributed by atoms with Crippen molar-refractivity contribution in [3.05, 3.63) is 29.6 Å². The van der Waals surface area contributed by atoms with Crippen molar-refractivity contribution in [2.75, 3.05) is 13.7 Å². The van der Waals surface area contributed by atoms with Crippen LogP contribution in [0.4, 0.5) is 9.18 Å². The topological polar surface area (TPSA) is 70.6 Å². The highest BCUT2D eigenvalue weighted by Gasteiger charge is 2.17. The van der Waals surface area contributed by atoms with E-state index in [2.05, 4.69) is 10.6 Å². The first kappa shape index (κ1) is 19.2. The van der Waals surface area contributed by atoms with Crippen molar-refractivity contribution in [2.45, 2.75) is 45.8 Å². The Hall–Kier alpha value is -1.82. The van der Waals surface area contributed by atoms with Gasteiger partial charge in [0.05, 0.1) is 19.3 Å². The van der Waals surface area contributed by atoms with Crippen LogP contribution in [-0.2, 0) is 0 Å². The van der Waals surface area contributed by atoms with Crippen LogP contribution in [-0.4, -0.2) is 30.9 Å². The maximum absolute atomic E-state index is 13.7. The molecule has 0 aliphatic carbocycles. The van der Waals surface area contributed by atoms with Gasteiger partial charge in [-0.3, -0.25) is 0 Å². The Morgan fingerprint density at radius 1 is 1.35 bits per heavy atom. The first-order chi connectivity index (χ1) is 10.9. The van der Waals surface area contributed by atoms with Gasteiger partial charge in [0, 0.05) is 6.54 Å². The van der Waals surface area contributed by atoms with Crippen LogP contribution in [0.15, 0.2) is 18.2 Å². The molecule has 5 nitrogen and oxygen atoms in total. The van der Waals surface area contributed by atoms with Crippen LogP contribution in [0.25, 0.3) is 0 Å². The second-order valence-electron chi connectivity index (χ2n) is 5.61. The van der Waals surface area contributed by atoms with Gasteiger partial charge < -0.3 is 20.5 Å². The molecule has 2 unspecified atom stereocenters. The van der Waals surface area contributed by atoms with Gasteiger partial charge in [-0.05, 0) is 30.5 Å². The first-order valence-electron chi connectivity index (χ1n) is 7.98. The van der Waals surface area contributed by atoms with E-state index in [0.29, 0.717) is 5.56 Å². The molecule has 0 saturated carbocycles. The van der Waals surface area contributed by atoms with Crippen molar-refractivity contribution in [1.82, 2.24) is 10.6 Å². The number of methoxy groups -OCH3 is 1. The number of aliphatic hydroxyl groups is 1. The lowest BCUT2D eigenvalue weighted by atomic mass is 9.97. The summed E-state index contributed by atoms with van der Waals surface area (Å²) in [5.41, 5.74) is 0.638. The van der Waals surface area contributed by atoms with Crippen molar-refractivity contribution < 1.29 is 19.0 Å². The molecule has 6 heteroatoms. The summed E-state index contributed by atoms with van der Waals surface area (Å²) >= 11 is 0. The van der Waals surface area contributed by atoms with Gasteiger partial charge in [0.1, 0.15) is 0 Å². The van der Waals surface area contributed by atoms with Gasteiger partial charge in [-0.15, -0.1) is 0 Å². The summed E-state index contributed by atoms with van der Waals surface area (Å²) in [5.74, 6) is -0.134. The molecule has 0 heterocycles. The molecule has 2 amide bonds. The highest BCUT2D eigenvalue weighted by Crippen LogP contribution is 2.21. The van der Waals surface area contributed by atoms with E-state index < -0.39 is 18.0 Å². The lowest BCUT2D eigenvalue weighted by molar-refractivity contribution is 0.103. The van der Waals surface area contributed by atoms with Gasteiger partial charge in [-0.2, -0.15) is 0 Å². The summed E-state index contributed by atoms with van der Waals surface area (Å²) in [6, 6.07) is 3.81. The Balaban J connectivity index is 2.52. The number of nitrogens with one attached hydrogen (secondary N) is 2. The van der Waals surface area contributed by atoms with E-state index in [-0.39, 0.29) is 24.3 Å². The summed E-state index contributed by atoms with van der Waals surface area (Å²) in [5, 5.41) is 15.4. The number of halogens is 1. The fraction of sp³-hybridized carbons (Fsp3) is 0.588. The van der Waals surface area contributed by atoms with Crippen LogP contribution in [0.1, 0.15) is 45.2 Å². The molecule has 0 aliphatic rings. The molecule has 1 aromatic carbocycles. The van der Waals surface area contributed by atoms with Crippen LogP contribution in [0.2, 0.25) is 0 Å². The summed E-state index contributed by atoms with van der Waals surface area (Å²) in [4.78, 5) is 11.9. The van der Waals surface area contributed by atoms with Crippen molar-refractivity contribution in [3.63, 3.8) is 0 Å². The number of urea groups is 1. The lowest BCUT2D eigenvalue weighted by Gasteiger charge is -2.21. The molecule has 1 aromatic rings. The number of benzene rings is 1. The van der Waals surface area contributed by atoms with E-state index in [1.807, 2.05) is 13.8 Å². The lowest BCUT2D eigenvalue weighted by Crippen LogP contribution is -2.42. The molecule has 2 atom stereocenters. The third-order valence-corrected chi connectivity index (χ3v) is 4.09. The fourth-order valence-electron chi connectivity index (χ4n) is 2.48. The molecule has 0 spiro atoms. The Kier molecular flexibility index (Phi) is 7.81. The molecule has 1 rings (SSSR count). The smallest absolute Gasteiger partial charge is 0.315 e. The molecule has 0 bridgehead atoms. The Morgan fingerprint density at radius 2 is 2.00 bits per heavy atom. The fourth-order valence-corrected chi connectivity index (χ4v) is 2.48. The average Bonchev–Trinajstić information content (AvgIpc) is 2.53. The minimum absolute atomic E-state index is 0.165. The van der Waals surface area contributed by atoms with E-state index in [1.54, 1.807) is 13.0 Å². The van der Waals surface area contributed by atoms with Crippen LogP contribution < -0.4 is 15.4 Å². The van der Waals surface area contributed by atoms with Gasteiger partial charge in [0.15, 0.2) is 11.6 Å². The predicted octanol–water partition coefficient (Wildman–Crippen LogP) is 2.99. The molecular formula is C17H27FN2O3. The normalized spacial score (nSPS) is 13.5. The van der Waals surface area contributed by atoms with Crippen LogP contribution in [0.3, 0.4) is 0 Å². The molecule has 23 heavy (non-hydrogen) atoms. The molecule has 0 saturated heterocycles. The summed E-state index contributed by atoms with van der Waals surface area (Å²) < 4.78 is 18.5. The third kappa shape index (κ3) is 5.71. The minimum Gasteiger partial charge on any atom is -0.494 e. The molecule has 0 radical (unpaired) electrons. The van der Waals surface area contributed by atoms with E-state index in [9.17, 15) is 14.3 Å². The maximum atomic E-state index is 13.7. The Labute approximate surface area is 137 Å². The van der Waals surface area contributed by atoms with Crippen molar-refractivity contribution in [3.8, 4) is 5.75 Å². The molecule has 0 fully saturated rings. The number of aliphatic hydroxyl groups excluding tert-OH is 1. The highest BCUT2D eigenvalue weighted by molar-refractivity contribution is 5.74. The van der Waals surface area contributed by atoms with E-state index in [1.165, 1.54) is 19.2 Å². The summed E-state index contributed by atoms with van der Waals surface area (Å²) in [6.07, 6.45) is 1.16. The Morgan fingerprint density at radius 3 is 2.52 bits per heavy atom. The average molecular weight is 326 g/mol. The quantitative estimate of drug-likeness (QED) is 0.688. The zero-order valence-corrected chi connectivity index (χ0v) is 14.2. The zero-order valence-electron chi connectivity index (χ0n) is 14.2. The van der Waals surface area contributed by atoms with Gasteiger partial charge in [-0.1, -0.05) is 32.8 Å². The minimum atomic E-state index is -0.565. The molecule has 130 valence electrons. The summed E-state index contributed by atoms with van der Waals surface area (Å²) in [7, 11) is 1.40. The standard InChI is InChI=1S/C17H27FN2O3/c1-5-12(6-2)15(21)10-19-17(22)20-11(3)13-7-8-16(23-4)14(18)9-13/h7-9,11-12,15,21H,5-6,10H2,1-4H3,(H2,19,20,22). The van der Waals surface area contributed by atoms with Crippen LogP contribution in [0.5, 0.6) is 5.75 Å². The van der Waals surface area contributed by atoms with Crippen LogP contribution in [0, 0.1) is 11.7 Å². The van der Waals surface area contributed by atoms with Gasteiger partial charge in [0.2, 0.25) is 0 Å². The maximum Gasteiger partial charge on any atom is 0.315 e. The molecule has 0 aromatic heterocycles. The second-order valence-corrected chi connectivity index (χ2v) is 5.61. The van der Waals surface area contributed by atoms with Gasteiger partial charge >= 0.3 is 6.03 Å².